The summed E-state index contributed by atoms with van der Waals surface area (Å²) in [6.45, 7) is 1.64. The lowest BCUT2D eigenvalue weighted by molar-refractivity contribution is -0.379. The molecule has 3 fully saturated rings. The van der Waals surface area contributed by atoms with Gasteiger partial charge in [-0.05, 0) is 44.9 Å². The van der Waals surface area contributed by atoms with Crippen LogP contribution < -0.4 is 5.32 Å². The summed E-state index contributed by atoms with van der Waals surface area (Å²) in [5, 5.41) is 119. The largest absolute Gasteiger partial charge is 0.394 e. The average molecular weight is 994 g/mol. The van der Waals surface area contributed by atoms with Gasteiger partial charge in [-0.15, -0.1) is 0 Å². The van der Waals surface area contributed by atoms with E-state index in [9.17, 15) is 61.0 Å². The van der Waals surface area contributed by atoms with Crippen LogP contribution in [0.5, 0.6) is 0 Å². The minimum Gasteiger partial charge on any atom is -0.394 e. The topological polar surface area (TPSA) is 307 Å². The third-order valence-corrected chi connectivity index (χ3v) is 13.2. The lowest BCUT2D eigenvalue weighted by Gasteiger charge is -2.48. The van der Waals surface area contributed by atoms with E-state index in [1.54, 1.807) is 6.08 Å². The van der Waals surface area contributed by atoms with Crippen molar-refractivity contribution in [1.29, 1.82) is 0 Å². The molecule has 3 aliphatic rings. The van der Waals surface area contributed by atoms with Gasteiger partial charge in [0, 0.05) is 6.42 Å². The Balaban J connectivity index is 1.56. The highest BCUT2D eigenvalue weighted by atomic mass is 16.8. The molecule has 0 spiro atoms. The summed E-state index contributed by atoms with van der Waals surface area (Å²) >= 11 is 0. The Morgan fingerprint density at radius 3 is 1.41 bits per heavy atom. The molecule has 1 amide bonds. The lowest BCUT2D eigenvalue weighted by atomic mass is 9.96. The quantitative estimate of drug-likeness (QED) is 0.0316. The first-order valence-corrected chi connectivity index (χ1v) is 26.1. The maximum absolute atomic E-state index is 13.2. The van der Waals surface area contributed by atoms with Crippen molar-refractivity contribution in [3.05, 3.63) is 24.3 Å². The molecule has 19 heteroatoms. The van der Waals surface area contributed by atoms with Crippen LogP contribution in [0.2, 0.25) is 0 Å². The third kappa shape index (κ3) is 21.3. The fourth-order valence-electron chi connectivity index (χ4n) is 8.83. The van der Waals surface area contributed by atoms with Gasteiger partial charge in [0.2, 0.25) is 5.91 Å². The van der Waals surface area contributed by atoms with Crippen molar-refractivity contribution >= 4 is 5.91 Å². The van der Waals surface area contributed by atoms with E-state index in [4.69, 9.17) is 28.4 Å². The summed E-state index contributed by atoms with van der Waals surface area (Å²) in [7, 11) is 0. The van der Waals surface area contributed by atoms with Gasteiger partial charge in [0.1, 0.15) is 73.2 Å². The van der Waals surface area contributed by atoms with Crippen molar-refractivity contribution in [2.45, 2.75) is 259 Å². The molecule has 69 heavy (non-hydrogen) atoms. The summed E-state index contributed by atoms with van der Waals surface area (Å²) < 4.78 is 34.1. The monoisotopic (exact) mass is 994 g/mol. The molecule has 0 aromatic carbocycles. The third-order valence-electron chi connectivity index (χ3n) is 13.2. The fraction of sp³-hybridized carbons (Fsp3) is 0.900. The first kappa shape index (κ1) is 61.6. The number of carbonyl (C=O) groups is 1. The van der Waals surface area contributed by atoms with E-state index in [1.807, 2.05) is 6.08 Å². The molecular weight excluding hydrogens is 903 g/mol. The predicted octanol–water partition coefficient (Wildman–Crippen LogP) is 2.03. The maximum atomic E-state index is 13.2. The number of unbranched alkanes of at least 4 members (excludes halogenated alkanes) is 18. The smallest absolute Gasteiger partial charge is 0.220 e. The van der Waals surface area contributed by atoms with E-state index >= 15 is 0 Å². The van der Waals surface area contributed by atoms with Gasteiger partial charge in [0.25, 0.3) is 0 Å². The van der Waals surface area contributed by atoms with E-state index < -0.39 is 124 Å². The van der Waals surface area contributed by atoms with Gasteiger partial charge >= 0.3 is 0 Å². The van der Waals surface area contributed by atoms with E-state index in [0.29, 0.717) is 6.42 Å². The molecule has 3 saturated heterocycles. The van der Waals surface area contributed by atoms with Crippen molar-refractivity contribution in [2.24, 2.45) is 0 Å². The number of hydrogen-bond donors (Lipinski definition) is 12. The number of allylic oxidation sites excluding steroid dienone is 3. The fourth-order valence-corrected chi connectivity index (χ4v) is 8.83. The van der Waals surface area contributed by atoms with Crippen molar-refractivity contribution in [2.75, 3.05) is 26.4 Å². The van der Waals surface area contributed by atoms with Crippen LogP contribution in [0.1, 0.15) is 155 Å². The van der Waals surface area contributed by atoms with E-state index in [0.717, 1.165) is 64.2 Å². The van der Waals surface area contributed by atoms with Crippen LogP contribution in [0.4, 0.5) is 0 Å². The van der Waals surface area contributed by atoms with Crippen LogP contribution in [-0.4, -0.2) is 193 Å². The van der Waals surface area contributed by atoms with Crippen LogP contribution in [0, 0.1) is 0 Å². The lowest BCUT2D eigenvalue weighted by Crippen LogP contribution is -2.66. The summed E-state index contributed by atoms with van der Waals surface area (Å²) in [6, 6.07) is -0.971. The molecule has 3 rings (SSSR count). The van der Waals surface area contributed by atoms with Gasteiger partial charge in [0.15, 0.2) is 18.9 Å². The molecule has 0 aliphatic carbocycles. The Labute approximate surface area is 409 Å². The van der Waals surface area contributed by atoms with Crippen molar-refractivity contribution < 1.29 is 89.4 Å². The number of rotatable bonds is 36. The Morgan fingerprint density at radius 1 is 0.507 bits per heavy atom. The number of nitrogens with one attached hydrogen (secondary N) is 1. The Kier molecular flexibility index (Phi) is 31.6. The second kappa shape index (κ2) is 35.4. The molecule has 17 unspecified atom stereocenters. The van der Waals surface area contributed by atoms with E-state index in [1.165, 1.54) is 64.2 Å². The molecule has 0 saturated carbocycles. The molecule has 0 aromatic rings. The van der Waals surface area contributed by atoms with Gasteiger partial charge in [-0.3, -0.25) is 4.79 Å². The number of ether oxygens (including phenoxy) is 6. The van der Waals surface area contributed by atoms with Gasteiger partial charge < -0.3 is 89.9 Å². The number of carbonyl (C=O) groups excluding carboxylic acids is 1. The standard InChI is InChI=1S/C50H91NO18/c1-3-5-7-9-11-13-15-16-17-18-20-22-24-26-28-38(56)51-33(34(55)27-25-23-21-19-14-12-10-8-6-4-2)32-64-48-44(62)41(59)46(36(30-53)66-48)69-50-45(63)42(60)47(37(31-54)67-50)68-49-43(61)40(58)39(57)35(29-52)65-49/h15-16,25,27,33-37,39-50,52-55,57-63H,3-14,17-24,26,28-32H2,1-2H3,(H,51,56)/b16-15-,27-25+. The molecule has 3 aliphatic heterocycles. The zero-order chi connectivity index (χ0) is 50.6. The van der Waals surface area contributed by atoms with Gasteiger partial charge in [-0.1, -0.05) is 128 Å². The Bertz CT molecular complexity index is 1380. The zero-order valence-corrected chi connectivity index (χ0v) is 41.3. The van der Waals surface area contributed by atoms with Crippen LogP contribution >= 0.6 is 0 Å². The second-order valence-corrected chi connectivity index (χ2v) is 19.0. The van der Waals surface area contributed by atoms with E-state index in [2.05, 4.69) is 31.3 Å². The van der Waals surface area contributed by atoms with Crippen molar-refractivity contribution in [3.63, 3.8) is 0 Å². The van der Waals surface area contributed by atoms with Crippen LogP contribution in [0.3, 0.4) is 0 Å². The first-order chi connectivity index (χ1) is 33.3. The van der Waals surface area contributed by atoms with Crippen LogP contribution in [0.25, 0.3) is 0 Å². The highest BCUT2D eigenvalue weighted by molar-refractivity contribution is 5.76. The van der Waals surface area contributed by atoms with Crippen molar-refractivity contribution in [3.8, 4) is 0 Å². The van der Waals surface area contributed by atoms with Gasteiger partial charge in [0.05, 0.1) is 38.6 Å². The predicted molar refractivity (Wildman–Crippen MR) is 254 cm³/mol. The zero-order valence-electron chi connectivity index (χ0n) is 41.3. The van der Waals surface area contributed by atoms with E-state index in [-0.39, 0.29) is 18.9 Å². The number of hydrogen-bond acceptors (Lipinski definition) is 18. The molecule has 0 bridgehead atoms. The minimum absolute atomic E-state index is 0.234. The molecule has 404 valence electrons. The number of aliphatic hydroxyl groups is 11. The molecular formula is C50H91NO18. The second-order valence-electron chi connectivity index (χ2n) is 19.0. The molecule has 3 heterocycles. The maximum Gasteiger partial charge on any atom is 0.220 e. The summed E-state index contributed by atoms with van der Waals surface area (Å²) in [5.41, 5.74) is 0. The Hall–Kier alpha value is -1.73. The summed E-state index contributed by atoms with van der Waals surface area (Å²) in [6.07, 6.45) is 4.74. The number of amides is 1. The summed E-state index contributed by atoms with van der Waals surface area (Å²) in [4.78, 5) is 13.2. The molecule has 12 N–H and O–H groups in total. The molecule has 17 atom stereocenters. The first-order valence-electron chi connectivity index (χ1n) is 26.1. The van der Waals surface area contributed by atoms with Gasteiger partial charge in [-0.2, -0.15) is 0 Å². The van der Waals surface area contributed by atoms with Crippen LogP contribution in [-0.2, 0) is 33.2 Å². The molecule has 19 nitrogen and oxygen atoms in total. The molecule has 0 radical (unpaired) electrons. The highest BCUT2D eigenvalue weighted by Crippen LogP contribution is 2.33. The van der Waals surface area contributed by atoms with Gasteiger partial charge in [-0.25, -0.2) is 0 Å². The normalized spacial score (nSPS) is 33.0. The minimum atomic E-state index is -1.98. The summed E-state index contributed by atoms with van der Waals surface area (Å²) in [5.74, 6) is -0.289. The average Bonchev–Trinajstić information content (AvgIpc) is 3.34. The SMILES string of the molecule is CCCCCCC/C=C\CCCCCCCC(=O)NC(COC1OC(CO)C(OC2OC(CO)C(OC3OC(CO)C(O)C(O)C3O)C(O)C2O)C(O)C1O)C(O)/C=C/CCCCCCCCCC. The van der Waals surface area contributed by atoms with Crippen LogP contribution in [0.15, 0.2) is 24.3 Å². The Morgan fingerprint density at radius 2 is 0.913 bits per heavy atom. The molecule has 0 aromatic heterocycles. The highest BCUT2D eigenvalue weighted by Gasteiger charge is 2.53. The number of aliphatic hydroxyl groups excluding tert-OH is 11. The van der Waals surface area contributed by atoms with Crippen molar-refractivity contribution in [1.82, 2.24) is 5.32 Å².